The molecule has 0 aromatic heterocycles. The van der Waals surface area contributed by atoms with Gasteiger partial charge in [0.1, 0.15) is 11.5 Å². The Kier molecular flexibility index (Phi) is 7.63. The SMILES string of the molecule is CCC(Oc1ccc(C)cc1C)C(=O)Nc1cc(Oc2ccccc2[N+](=O)[O-])c(C)c(Cl)c1O. The molecular weight excluding hydrogens is 460 g/mol. The summed E-state index contributed by atoms with van der Waals surface area (Å²) < 4.78 is 11.7. The summed E-state index contributed by atoms with van der Waals surface area (Å²) >= 11 is 6.27. The molecule has 0 fully saturated rings. The zero-order valence-corrected chi connectivity index (χ0v) is 20.0. The van der Waals surface area contributed by atoms with Gasteiger partial charge in [0.25, 0.3) is 5.91 Å². The highest BCUT2D eigenvalue weighted by Crippen LogP contribution is 2.43. The first-order valence-corrected chi connectivity index (χ1v) is 11.0. The number of carbonyl (C=O) groups excluding carboxylic acids is 1. The summed E-state index contributed by atoms with van der Waals surface area (Å²) in [6, 6.07) is 12.9. The van der Waals surface area contributed by atoms with Crippen LogP contribution in [-0.2, 0) is 4.79 Å². The summed E-state index contributed by atoms with van der Waals surface area (Å²) in [6.07, 6.45) is -0.459. The van der Waals surface area contributed by atoms with Crippen LogP contribution in [0, 0.1) is 30.9 Å². The van der Waals surface area contributed by atoms with Crippen molar-refractivity contribution in [1.82, 2.24) is 0 Å². The molecule has 0 aliphatic rings. The molecule has 0 heterocycles. The standard InChI is InChI=1S/C25H25ClN2O6/c1-5-19(33-20-11-10-14(2)12-15(20)3)25(30)27-17-13-22(16(4)23(26)24(17)29)34-21-9-7-6-8-18(21)28(31)32/h6-13,19,29H,5H2,1-4H3,(H,27,30). The first-order valence-electron chi connectivity index (χ1n) is 10.6. The number of nitrogens with one attached hydrogen (secondary N) is 1. The smallest absolute Gasteiger partial charge is 0.311 e. The maximum Gasteiger partial charge on any atom is 0.311 e. The Hall–Kier alpha value is -3.78. The number of halogens is 1. The van der Waals surface area contributed by atoms with Gasteiger partial charge in [0.15, 0.2) is 11.9 Å². The normalized spacial score (nSPS) is 11.6. The van der Waals surface area contributed by atoms with E-state index in [2.05, 4.69) is 5.32 Å². The highest BCUT2D eigenvalue weighted by molar-refractivity contribution is 6.33. The van der Waals surface area contributed by atoms with E-state index >= 15 is 0 Å². The van der Waals surface area contributed by atoms with E-state index in [4.69, 9.17) is 21.1 Å². The van der Waals surface area contributed by atoms with E-state index in [-0.39, 0.29) is 33.6 Å². The molecule has 1 atom stereocenters. The molecule has 2 N–H and O–H groups in total. The minimum atomic E-state index is -0.833. The summed E-state index contributed by atoms with van der Waals surface area (Å²) in [5.41, 5.74) is 2.09. The Morgan fingerprint density at radius 1 is 1.12 bits per heavy atom. The van der Waals surface area contributed by atoms with Gasteiger partial charge < -0.3 is 19.9 Å². The number of rotatable bonds is 8. The topological polar surface area (TPSA) is 111 Å². The number of anilines is 1. The largest absolute Gasteiger partial charge is 0.504 e. The number of carbonyl (C=O) groups is 1. The maximum absolute atomic E-state index is 13.0. The Morgan fingerprint density at radius 3 is 2.47 bits per heavy atom. The van der Waals surface area contributed by atoms with Gasteiger partial charge in [-0.15, -0.1) is 0 Å². The summed E-state index contributed by atoms with van der Waals surface area (Å²) in [7, 11) is 0. The van der Waals surface area contributed by atoms with E-state index < -0.39 is 16.9 Å². The van der Waals surface area contributed by atoms with Crippen molar-refractivity contribution < 1.29 is 24.3 Å². The highest BCUT2D eigenvalue weighted by atomic mass is 35.5. The van der Waals surface area contributed by atoms with Crippen LogP contribution in [0.25, 0.3) is 0 Å². The minimum Gasteiger partial charge on any atom is -0.504 e. The number of ether oxygens (including phenoxy) is 2. The van der Waals surface area contributed by atoms with E-state index in [0.717, 1.165) is 11.1 Å². The van der Waals surface area contributed by atoms with Crippen LogP contribution in [0.15, 0.2) is 48.5 Å². The Bertz CT molecular complexity index is 1240. The Labute approximate surface area is 202 Å². The quantitative estimate of drug-likeness (QED) is 0.215. The van der Waals surface area contributed by atoms with E-state index in [9.17, 15) is 20.0 Å². The number of hydrogen-bond acceptors (Lipinski definition) is 6. The monoisotopic (exact) mass is 484 g/mol. The lowest BCUT2D eigenvalue weighted by molar-refractivity contribution is -0.385. The molecule has 1 amide bonds. The van der Waals surface area contributed by atoms with Crippen molar-refractivity contribution in [2.24, 2.45) is 0 Å². The molecule has 9 heteroatoms. The molecule has 3 rings (SSSR count). The first kappa shape index (κ1) is 24.9. The number of phenols is 1. The van der Waals surface area contributed by atoms with Crippen LogP contribution in [0.2, 0.25) is 5.02 Å². The van der Waals surface area contributed by atoms with E-state index in [1.54, 1.807) is 26.0 Å². The molecule has 3 aromatic rings. The van der Waals surface area contributed by atoms with Crippen molar-refractivity contribution in [2.75, 3.05) is 5.32 Å². The molecule has 34 heavy (non-hydrogen) atoms. The molecule has 0 bridgehead atoms. The van der Waals surface area contributed by atoms with Gasteiger partial charge in [0.2, 0.25) is 5.75 Å². The van der Waals surface area contributed by atoms with Gasteiger partial charge in [-0.2, -0.15) is 0 Å². The van der Waals surface area contributed by atoms with Crippen molar-refractivity contribution in [3.8, 4) is 23.0 Å². The number of para-hydroxylation sites is 2. The fourth-order valence-corrected chi connectivity index (χ4v) is 3.54. The summed E-state index contributed by atoms with van der Waals surface area (Å²) in [6.45, 7) is 7.26. The number of nitro groups is 1. The van der Waals surface area contributed by atoms with E-state index in [1.165, 1.54) is 24.3 Å². The van der Waals surface area contributed by atoms with Crippen molar-refractivity contribution in [1.29, 1.82) is 0 Å². The van der Waals surface area contributed by atoms with Gasteiger partial charge in [0, 0.05) is 17.7 Å². The number of amides is 1. The van der Waals surface area contributed by atoms with Crippen molar-refractivity contribution in [3.05, 3.63) is 80.4 Å². The number of phenolic OH excluding ortho intramolecular Hbond substituents is 1. The van der Waals surface area contributed by atoms with Gasteiger partial charge in [0.05, 0.1) is 15.6 Å². The molecule has 0 aliphatic heterocycles. The number of benzene rings is 3. The van der Waals surface area contributed by atoms with E-state index in [1.807, 2.05) is 26.0 Å². The molecular formula is C25H25ClN2O6. The van der Waals surface area contributed by atoms with Gasteiger partial charge in [-0.1, -0.05) is 48.4 Å². The third kappa shape index (κ3) is 5.40. The number of aryl methyl sites for hydroxylation is 2. The van der Waals surface area contributed by atoms with Crippen molar-refractivity contribution in [3.63, 3.8) is 0 Å². The zero-order chi connectivity index (χ0) is 25.0. The number of aromatic hydroxyl groups is 1. The Morgan fingerprint density at radius 2 is 1.82 bits per heavy atom. The predicted molar refractivity (Wildman–Crippen MR) is 130 cm³/mol. The molecule has 0 aliphatic carbocycles. The third-order valence-electron chi connectivity index (χ3n) is 5.24. The first-order chi connectivity index (χ1) is 16.1. The second-order valence-electron chi connectivity index (χ2n) is 7.81. The van der Waals surface area contributed by atoms with Gasteiger partial charge in [-0.05, 0) is 44.9 Å². The second kappa shape index (κ2) is 10.4. The van der Waals surface area contributed by atoms with Crippen LogP contribution >= 0.6 is 11.6 Å². The maximum atomic E-state index is 13.0. The number of hydrogen-bond donors (Lipinski definition) is 2. The van der Waals surface area contributed by atoms with Gasteiger partial charge in [-0.3, -0.25) is 14.9 Å². The average molecular weight is 485 g/mol. The van der Waals surface area contributed by atoms with Crippen LogP contribution in [0.3, 0.4) is 0 Å². The molecule has 8 nitrogen and oxygen atoms in total. The fourth-order valence-electron chi connectivity index (χ4n) is 3.35. The van der Waals surface area contributed by atoms with Crippen LogP contribution < -0.4 is 14.8 Å². The molecule has 0 radical (unpaired) electrons. The Balaban J connectivity index is 1.88. The lowest BCUT2D eigenvalue weighted by Gasteiger charge is -2.20. The summed E-state index contributed by atoms with van der Waals surface area (Å²) in [5.74, 6) is -0.104. The minimum absolute atomic E-state index is 0.000697. The summed E-state index contributed by atoms with van der Waals surface area (Å²) in [5, 5.41) is 24.4. The van der Waals surface area contributed by atoms with Crippen molar-refractivity contribution in [2.45, 2.75) is 40.2 Å². The van der Waals surface area contributed by atoms with Crippen LogP contribution in [0.5, 0.6) is 23.0 Å². The molecule has 0 spiro atoms. The van der Waals surface area contributed by atoms with Gasteiger partial charge >= 0.3 is 5.69 Å². The molecule has 0 saturated carbocycles. The van der Waals surface area contributed by atoms with Crippen LogP contribution in [0.1, 0.15) is 30.0 Å². The highest BCUT2D eigenvalue weighted by Gasteiger charge is 2.24. The predicted octanol–water partition coefficient (Wildman–Crippen LogP) is 6.47. The molecule has 0 saturated heterocycles. The second-order valence-corrected chi connectivity index (χ2v) is 8.19. The number of nitrogens with zero attached hydrogens (tertiary/aromatic N) is 1. The molecule has 3 aromatic carbocycles. The number of nitro benzene ring substituents is 1. The lowest BCUT2D eigenvalue weighted by Crippen LogP contribution is -2.32. The van der Waals surface area contributed by atoms with E-state index in [0.29, 0.717) is 17.7 Å². The third-order valence-corrected chi connectivity index (χ3v) is 5.70. The summed E-state index contributed by atoms with van der Waals surface area (Å²) in [4.78, 5) is 23.7. The van der Waals surface area contributed by atoms with Crippen molar-refractivity contribution >= 4 is 28.9 Å². The molecule has 1 unspecified atom stereocenters. The zero-order valence-electron chi connectivity index (χ0n) is 19.2. The lowest BCUT2D eigenvalue weighted by atomic mass is 10.1. The average Bonchev–Trinajstić information content (AvgIpc) is 2.80. The van der Waals surface area contributed by atoms with Gasteiger partial charge in [-0.25, -0.2) is 0 Å². The van der Waals surface area contributed by atoms with Crippen LogP contribution in [-0.4, -0.2) is 22.0 Å². The fraction of sp³-hybridized carbons (Fsp3) is 0.240. The molecule has 178 valence electrons. The van der Waals surface area contributed by atoms with Crippen LogP contribution in [0.4, 0.5) is 11.4 Å².